The van der Waals surface area contributed by atoms with Crippen LogP contribution in [0.15, 0.2) is 59.7 Å². The van der Waals surface area contributed by atoms with Gasteiger partial charge >= 0.3 is 11.8 Å². The Hall–Kier alpha value is -3.02. The highest BCUT2D eigenvalue weighted by Crippen LogP contribution is 2.08. The summed E-state index contributed by atoms with van der Waals surface area (Å²) < 4.78 is 12.9. The molecule has 0 aliphatic heterocycles. The molecule has 2 N–H and O–H groups in total. The van der Waals surface area contributed by atoms with Crippen LogP contribution in [0.2, 0.25) is 0 Å². The Labute approximate surface area is 120 Å². The van der Waals surface area contributed by atoms with Crippen LogP contribution < -0.4 is 10.7 Å². The molecule has 2 rings (SSSR count). The Balaban J connectivity index is 1.88. The molecule has 0 spiro atoms. The molecule has 0 fully saturated rings. The highest BCUT2D eigenvalue weighted by atomic mass is 19.1. The predicted molar refractivity (Wildman–Crippen MR) is 77.2 cm³/mol. The molecule has 0 atom stereocenters. The number of benzene rings is 2. The molecule has 6 heteroatoms. The third-order valence-corrected chi connectivity index (χ3v) is 2.47. The van der Waals surface area contributed by atoms with Gasteiger partial charge in [0.15, 0.2) is 0 Å². The average Bonchev–Trinajstić information content (AvgIpc) is 2.48. The Morgan fingerprint density at radius 2 is 1.76 bits per heavy atom. The summed E-state index contributed by atoms with van der Waals surface area (Å²) in [6.45, 7) is 0. The van der Waals surface area contributed by atoms with Crippen molar-refractivity contribution >= 4 is 23.7 Å². The standard InChI is InChI=1S/C15H12FN3O2/c16-12-7-4-8-13(9-12)18-14(20)15(21)19-17-10-11-5-2-1-3-6-11/h1-10H,(H,18,20)(H,19,21). The summed E-state index contributed by atoms with van der Waals surface area (Å²) in [5.41, 5.74) is 3.07. The summed E-state index contributed by atoms with van der Waals surface area (Å²) in [7, 11) is 0. The van der Waals surface area contributed by atoms with Crippen LogP contribution in [0.5, 0.6) is 0 Å². The maximum Gasteiger partial charge on any atom is 0.329 e. The van der Waals surface area contributed by atoms with E-state index in [1.54, 1.807) is 12.1 Å². The molecule has 106 valence electrons. The molecule has 0 radical (unpaired) electrons. The van der Waals surface area contributed by atoms with Crippen LogP contribution in [0.1, 0.15) is 5.56 Å². The fourth-order valence-electron chi connectivity index (χ4n) is 1.51. The lowest BCUT2D eigenvalue weighted by Gasteiger charge is -2.03. The third-order valence-electron chi connectivity index (χ3n) is 2.47. The third kappa shape index (κ3) is 4.54. The van der Waals surface area contributed by atoms with Crippen LogP contribution in [0.25, 0.3) is 0 Å². The van der Waals surface area contributed by atoms with Gasteiger partial charge < -0.3 is 5.32 Å². The second-order valence-corrected chi connectivity index (χ2v) is 4.07. The molecule has 0 heterocycles. The van der Waals surface area contributed by atoms with Crippen LogP contribution in [0.3, 0.4) is 0 Å². The lowest BCUT2D eigenvalue weighted by atomic mass is 10.2. The van der Waals surface area contributed by atoms with Gasteiger partial charge in [0, 0.05) is 5.69 Å². The largest absolute Gasteiger partial charge is 0.329 e. The molecule has 0 unspecified atom stereocenters. The Kier molecular flexibility index (Phi) is 4.76. The molecule has 2 aromatic rings. The summed E-state index contributed by atoms with van der Waals surface area (Å²) in [6, 6.07) is 14.3. The van der Waals surface area contributed by atoms with Gasteiger partial charge in [-0.3, -0.25) is 9.59 Å². The van der Waals surface area contributed by atoms with E-state index in [0.717, 1.165) is 11.6 Å². The summed E-state index contributed by atoms with van der Waals surface area (Å²) in [4.78, 5) is 23.0. The van der Waals surface area contributed by atoms with E-state index in [1.165, 1.54) is 24.4 Å². The normalized spacial score (nSPS) is 10.3. The van der Waals surface area contributed by atoms with Gasteiger partial charge in [0.25, 0.3) is 0 Å². The summed E-state index contributed by atoms with van der Waals surface area (Å²) in [5.74, 6) is -2.37. The molecule has 0 aromatic heterocycles. The van der Waals surface area contributed by atoms with Crippen LogP contribution in [-0.2, 0) is 9.59 Å². The number of hydrazone groups is 1. The molecule has 2 aromatic carbocycles. The average molecular weight is 285 g/mol. The Morgan fingerprint density at radius 1 is 1.00 bits per heavy atom. The van der Waals surface area contributed by atoms with E-state index in [1.807, 2.05) is 18.2 Å². The van der Waals surface area contributed by atoms with Crippen molar-refractivity contribution in [3.05, 3.63) is 66.0 Å². The first kappa shape index (κ1) is 14.4. The minimum Gasteiger partial charge on any atom is -0.318 e. The zero-order chi connectivity index (χ0) is 15.1. The van der Waals surface area contributed by atoms with E-state index in [-0.39, 0.29) is 5.69 Å². The minimum absolute atomic E-state index is 0.196. The van der Waals surface area contributed by atoms with E-state index in [4.69, 9.17) is 0 Å². The second-order valence-electron chi connectivity index (χ2n) is 4.07. The van der Waals surface area contributed by atoms with E-state index in [2.05, 4.69) is 15.8 Å². The number of carbonyl (C=O) groups is 2. The summed E-state index contributed by atoms with van der Waals surface area (Å²) in [5, 5.41) is 5.93. The topological polar surface area (TPSA) is 70.6 Å². The van der Waals surface area contributed by atoms with Crippen molar-refractivity contribution in [2.75, 3.05) is 5.32 Å². The fourth-order valence-corrected chi connectivity index (χ4v) is 1.51. The molecule has 0 aliphatic carbocycles. The number of amides is 2. The van der Waals surface area contributed by atoms with E-state index >= 15 is 0 Å². The molecular formula is C15H12FN3O2. The number of carbonyl (C=O) groups excluding carboxylic acids is 2. The van der Waals surface area contributed by atoms with Crippen molar-refractivity contribution in [3.8, 4) is 0 Å². The maximum atomic E-state index is 12.9. The van der Waals surface area contributed by atoms with Crippen molar-refractivity contribution in [3.63, 3.8) is 0 Å². The van der Waals surface area contributed by atoms with E-state index < -0.39 is 17.6 Å². The van der Waals surface area contributed by atoms with Gasteiger partial charge in [-0.15, -0.1) is 0 Å². The number of nitrogens with zero attached hydrogens (tertiary/aromatic N) is 1. The van der Waals surface area contributed by atoms with Crippen molar-refractivity contribution in [1.82, 2.24) is 5.43 Å². The zero-order valence-corrected chi connectivity index (χ0v) is 10.9. The van der Waals surface area contributed by atoms with Crippen molar-refractivity contribution in [2.24, 2.45) is 5.10 Å². The molecule has 5 nitrogen and oxygen atoms in total. The van der Waals surface area contributed by atoms with E-state index in [9.17, 15) is 14.0 Å². The molecule has 0 saturated carbocycles. The Morgan fingerprint density at radius 3 is 2.48 bits per heavy atom. The monoisotopic (exact) mass is 285 g/mol. The maximum absolute atomic E-state index is 12.9. The van der Waals surface area contributed by atoms with Crippen molar-refractivity contribution in [1.29, 1.82) is 0 Å². The zero-order valence-electron chi connectivity index (χ0n) is 10.9. The molecular weight excluding hydrogens is 273 g/mol. The first-order valence-corrected chi connectivity index (χ1v) is 6.10. The van der Waals surface area contributed by atoms with Gasteiger partial charge in [-0.2, -0.15) is 5.10 Å². The van der Waals surface area contributed by atoms with Crippen LogP contribution >= 0.6 is 0 Å². The number of hydrogen-bond acceptors (Lipinski definition) is 3. The van der Waals surface area contributed by atoms with Crippen LogP contribution in [-0.4, -0.2) is 18.0 Å². The van der Waals surface area contributed by atoms with Crippen LogP contribution in [0, 0.1) is 5.82 Å². The Bertz CT molecular complexity index is 672. The highest BCUT2D eigenvalue weighted by molar-refractivity contribution is 6.39. The molecule has 2 amide bonds. The molecule has 0 bridgehead atoms. The van der Waals surface area contributed by atoms with Gasteiger partial charge in [-0.25, -0.2) is 9.82 Å². The minimum atomic E-state index is -0.938. The fraction of sp³-hybridized carbons (Fsp3) is 0. The number of rotatable bonds is 3. The quantitative estimate of drug-likeness (QED) is 0.514. The van der Waals surface area contributed by atoms with Gasteiger partial charge in [-0.1, -0.05) is 36.4 Å². The highest BCUT2D eigenvalue weighted by Gasteiger charge is 2.12. The van der Waals surface area contributed by atoms with Crippen molar-refractivity contribution < 1.29 is 14.0 Å². The van der Waals surface area contributed by atoms with Gasteiger partial charge in [-0.05, 0) is 23.8 Å². The van der Waals surface area contributed by atoms with Gasteiger partial charge in [0.1, 0.15) is 5.82 Å². The molecule has 0 saturated heterocycles. The van der Waals surface area contributed by atoms with Crippen LogP contribution in [0.4, 0.5) is 10.1 Å². The van der Waals surface area contributed by atoms with E-state index in [0.29, 0.717) is 0 Å². The smallest absolute Gasteiger partial charge is 0.318 e. The molecule has 0 aliphatic rings. The van der Waals surface area contributed by atoms with Gasteiger partial charge in [0.05, 0.1) is 6.21 Å². The first-order chi connectivity index (χ1) is 10.1. The first-order valence-electron chi connectivity index (χ1n) is 6.10. The SMILES string of the molecule is O=C(NN=Cc1ccccc1)C(=O)Nc1cccc(F)c1. The molecule has 21 heavy (non-hydrogen) atoms. The van der Waals surface area contributed by atoms with Crippen molar-refractivity contribution in [2.45, 2.75) is 0 Å². The number of hydrogen-bond donors (Lipinski definition) is 2. The lowest BCUT2D eigenvalue weighted by Crippen LogP contribution is -2.32. The lowest BCUT2D eigenvalue weighted by molar-refractivity contribution is -0.136. The number of anilines is 1. The summed E-state index contributed by atoms with van der Waals surface area (Å²) >= 11 is 0. The number of nitrogens with one attached hydrogen (secondary N) is 2. The van der Waals surface area contributed by atoms with Gasteiger partial charge in [0.2, 0.25) is 0 Å². The predicted octanol–water partition coefficient (Wildman–Crippen LogP) is 1.91. The second kappa shape index (κ2) is 6.95. The summed E-state index contributed by atoms with van der Waals surface area (Å²) in [6.07, 6.45) is 1.41. The number of halogens is 1.